The van der Waals surface area contributed by atoms with Crippen LogP contribution in [-0.2, 0) is 28.6 Å². The lowest BCUT2D eigenvalue weighted by molar-refractivity contribution is -0.153. The van der Waals surface area contributed by atoms with Gasteiger partial charge in [-0.15, -0.1) is 0 Å². The molecule has 0 saturated heterocycles. The highest BCUT2D eigenvalue weighted by atomic mass is 16.5. The normalized spacial score (nSPS) is 11.3. The lowest BCUT2D eigenvalue weighted by atomic mass is 9.91. The van der Waals surface area contributed by atoms with Crippen LogP contribution < -0.4 is 9.80 Å². The topological polar surface area (TPSA) is 135 Å². The van der Waals surface area contributed by atoms with Gasteiger partial charge in [-0.3, -0.25) is 4.79 Å². The SMILES string of the molecule is C=C(C)C(=O)OCCN(CCOC(=O)C(=C)C)c1ccc(N=Nc2ccc(N=Nc3ccc(N(C)CCOC(=O)C(C)(C)CC)cc3)cc2)cc1. The number of carbonyl (C=O) groups is 3. The second-order valence-electron chi connectivity index (χ2n) is 12.6. The van der Waals surface area contributed by atoms with Crippen LogP contribution >= 0.6 is 0 Å². The lowest BCUT2D eigenvalue weighted by Gasteiger charge is -2.24. The van der Waals surface area contributed by atoms with Crippen molar-refractivity contribution in [3.05, 3.63) is 97.1 Å². The highest BCUT2D eigenvalue weighted by molar-refractivity contribution is 5.87. The molecule has 270 valence electrons. The molecule has 0 aliphatic rings. The third-order valence-electron chi connectivity index (χ3n) is 7.90. The first-order chi connectivity index (χ1) is 24.3. The van der Waals surface area contributed by atoms with Crippen LogP contribution in [0.25, 0.3) is 0 Å². The zero-order chi connectivity index (χ0) is 37.4. The molecule has 0 unspecified atom stereocenters. The summed E-state index contributed by atoms with van der Waals surface area (Å²) in [7, 11) is 1.95. The van der Waals surface area contributed by atoms with Crippen molar-refractivity contribution in [2.24, 2.45) is 25.9 Å². The fraction of sp³-hybridized carbons (Fsp3) is 0.359. The van der Waals surface area contributed by atoms with Crippen molar-refractivity contribution in [3.63, 3.8) is 0 Å². The fourth-order valence-electron chi connectivity index (χ4n) is 4.18. The largest absolute Gasteiger partial charge is 0.463 e. The molecule has 0 amide bonds. The van der Waals surface area contributed by atoms with Crippen LogP contribution in [0.1, 0.15) is 41.0 Å². The first kappa shape index (κ1) is 39.8. The van der Waals surface area contributed by atoms with E-state index in [1.54, 1.807) is 26.0 Å². The van der Waals surface area contributed by atoms with Crippen molar-refractivity contribution in [2.45, 2.75) is 41.0 Å². The molecular formula is C39H48N6O6. The molecule has 0 bridgehead atoms. The molecular weight excluding hydrogens is 648 g/mol. The molecule has 3 aromatic rings. The van der Waals surface area contributed by atoms with Gasteiger partial charge in [0.1, 0.15) is 19.8 Å². The van der Waals surface area contributed by atoms with Gasteiger partial charge in [-0.2, -0.15) is 20.5 Å². The van der Waals surface area contributed by atoms with E-state index in [-0.39, 0.29) is 19.2 Å². The Morgan fingerprint density at radius 2 is 0.961 bits per heavy atom. The number of carbonyl (C=O) groups excluding carboxylic acids is 3. The van der Waals surface area contributed by atoms with E-state index in [9.17, 15) is 14.4 Å². The zero-order valence-electron chi connectivity index (χ0n) is 30.4. The molecule has 12 heteroatoms. The summed E-state index contributed by atoms with van der Waals surface area (Å²) in [6.45, 7) is 18.1. The second-order valence-corrected chi connectivity index (χ2v) is 12.6. The third kappa shape index (κ3) is 13.3. The van der Waals surface area contributed by atoms with E-state index >= 15 is 0 Å². The number of anilines is 2. The molecule has 0 aromatic heterocycles. The summed E-state index contributed by atoms with van der Waals surface area (Å²) in [5.41, 5.74) is 4.63. The average molecular weight is 697 g/mol. The molecule has 0 heterocycles. The molecule has 0 aliphatic carbocycles. The van der Waals surface area contributed by atoms with E-state index in [4.69, 9.17) is 14.2 Å². The number of hydrogen-bond acceptors (Lipinski definition) is 12. The van der Waals surface area contributed by atoms with Crippen LogP contribution in [0, 0.1) is 5.41 Å². The molecule has 3 aromatic carbocycles. The standard InChI is InChI=1S/C39H48N6O6/c1-9-39(6,7)38(48)51-25-22-44(8)34-18-14-32(15-19-34)42-40-30-10-12-31(13-11-30)41-43-33-16-20-35(21-17-33)45(23-26-49-36(46)28(2)3)24-27-50-37(47)29(4)5/h10-21H,2,4,9,22-27H2,1,3,5-8H3. The van der Waals surface area contributed by atoms with E-state index < -0.39 is 17.4 Å². The molecule has 0 radical (unpaired) electrons. The number of esters is 3. The highest BCUT2D eigenvalue weighted by Gasteiger charge is 2.26. The number of benzene rings is 3. The summed E-state index contributed by atoms with van der Waals surface area (Å²) >= 11 is 0. The van der Waals surface area contributed by atoms with Crippen LogP contribution in [0.3, 0.4) is 0 Å². The number of hydrogen-bond donors (Lipinski definition) is 0. The minimum absolute atomic E-state index is 0.139. The molecule has 0 N–H and O–H groups in total. The van der Waals surface area contributed by atoms with Gasteiger partial charge in [0.15, 0.2) is 0 Å². The van der Waals surface area contributed by atoms with Crippen molar-refractivity contribution in [3.8, 4) is 0 Å². The van der Waals surface area contributed by atoms with Gasteiger partial charge in [0.05, 0.1) is 47.8 Å². The Morgan fingerprint density at radius 3 is 1.33 bits per heavy atom. The van der Waals surface area contributed by atoms with Crippen LogP contribution in [0.4, 0.5) is 34.1 Å². The highest BCUT2D eigenvalue weighted by Crippen LogP contribution is 2.26. The summed E-state index contributed by atoms with van der Waals surface area (Å²) < 4.78 is 16.0. The Morgan fingerprint density at radius 1 is 0.608 bits per heavy atom. The predicted octanol–water partition coefficient (Wildman–Crippen LogP) is 8.98. The summed E-state index contributed by atoms with van der Waals surface area (Å²) in [4.78, 5) is 39.8. The first-order valence-corrected chi connectivity index (χ1v) is 16.7. The molecule has 0 aliphatic heterocycles. The van der Waals surface area contributed by atoms with E-state index in [0.29, 0.717) is 60.1 Å². The Balaban J connectivity index is 1.54. The van der Waals surface area contributed by atoms with E-state index in [2.05, 4.69) is 33.6 Å². The maximum atomic E-state index is 12.2. The summed E-state index contributed by atoms with van der Waals surface area (Å²) in [5, 5.41) is 17.3. The van der Waals surface area contributed by atoms with Gasteiger partial charge in [0, 0.05) is 29.6 Å². The Hall–Kier alpha value is -5.65. The van der Waals surface area contributed by atoms with E-state index in [1.807, 2.05) is 98.3 Å². The van der Waals surface area contributed by atoms with Gasteiger partial charge in [-0.25, -0.2) is 9.59 Å². The summed E-state index contributed by atoms with van der Waals surface area (Å²) in [6, 6.07) is 22.3. The number of azo groups is 2. The molecule has 12 nitrogen and oxygen atoms in total. The number of rotatable bonds is 19. The van der Waals surface area contributed by atoms with Gasteiger partial charge in [0.2, 0.25) is 0 Å². The van der Waals surface area contributed by atoms with Gasteiger partial charge in [-0.05, 0) is 107 Å². The monoisotopic (exact) mass is 696 g/mol. The summed E-state index contributed by atoms with van der Waals surface area (Å²) in [5.74, 6) is -1.11. The van der Waals surface area contributed by atoms with Crippen molar-refractivity contribution >= 4 is 52.0 Å². The zero-order valence-corrected chi connectivity index (χ0v) is 30.4. The van der Waals surface area contributed by atoms with E-state index in [1.165, 1.54) is 0 Å². The second kappa shape index (κ2) is 19.5. The van der Waals surface area contributed by atoms with Gasteiger partial charge in [-0.1, -0.05) is 20.1 Å². The quantitative estimate of drug-likeness (QED) is 0.0525. The molecule has 0 atom stereocenters. The average Bonchev–Trinajstić information content (AvgIpc) is 3.12. The van der Waals surface area contributed by atoms with Crippen molar-refractivity contribution in [2.75, 3.05) is 56.3 Å². The van der Waals surface area contributed by atoms with Crippen LogP contribution in [0.15, 0.2) is 118 Å². The van der Waals surface area contributed by atoms with Crippen LogP contribution in [0.5, 0.6) is 0 Å². The fourth-order valence-corrected chi connectivity index (χ4v) is 4.18. The predicted molar refractivity (Wildman–Crippen MR) is 200 cm³/mol. The lowest BCUT2D eigenvalue weighted by Crippen LogP contribution is -2.32. The Kier molecular flexibility index (Phi) is 15.2. The van der Waals surface area contributed by atoms with Gasteiger partial charge < -0.3 is 24.0 Å². The van der Waals surface area contributed by atoms with Crippen LogP contribution in [-0.4, -0.2) is 64.4 Å². The first-order valence-electron chi connectivity index (χ1n) is 16.7. The number of ether oxygens (including phenoxy) is 3. The van der Waals surface area contributed by atoms with Crippen molar-refractivity contribution in [1.82, 2.24) is 0 Å². The number of likely N-dealkylation sites (N-methyl/N-ethyl adjacent to an activating group) is 1. The van der Waals surface area contributed by atoms with Gasteiger partial charge in [0.25, 0.3) is 0 Å². The van der Waals surface area contributed by atoms with Crippen LogP contribution in [0.2, 0.25) is 0 Å². The number of nitrogens with zero attached hydrogens (tertiary/aromatic N) is 6. The molecule has 0 fully saturated rings. The Labute approximate surface area is 300 Å². The minimum atomic E-state index is -0.478. The van der Waals surface area contributed by atoms with Crippen molar-refractivity contribution in [1.29, 1.82) is 0 Å². The maximum Gasteiger partial charge on any atom is 0.333 e. The third-order valence-corrected chi connectivity index (χ3v) is 7.90. The van der Waals surface area contributed by atoms with Crippen molar-refractivity contribution < 1.29 is 28.6 Å². The van der Waals surface area contributed by atoms with E-state index in [0.717, 1.165) is 17.8 Å². The Bertz CT molecular complexity index is 1670. The maximum absolute atomic E-state index is 12.2. The molecule has 0 saturated carbocycles. The minimum Gasteiger partial charge on any atom is -0.463 e. The smallest absolute Gasteiger partial charge is 0.333 e. The molecule has 51 heavy (non-hydrogen) atoms. The molecule has 3 rings (SSSR count). The molecule has 0 spiro atoms. The summed E-state index contributed by atoms with van der Waals surface area (Å²) in [6.07, 6.45) is 0.727. The van der Waals surface area contributed by atoms with Gasteiger partial charge >= 0.3 is 17.9 Å².